The van der Waals surface area contributed by atoms with Crippen LogP contribution < -0.4 is 5.32 Å². The lowest BCUT2D eigenvalue weighted by Gasteiger charge is -2.16. The van der Waals surface area contributed by atoms with Crippen LogP contribution in [0.1, 0.15) is 31.2 Å². The smallest absolute Gasteiger partial charge is 0.157 e. The summed E-state index contributed by atoms with van der Waals surface area (Å²) in [5, 5.41) is 7.88. The summed E-state index contributed by atoms with van der Waals surface area (Å²) in [4.78, 5) is 4.26. The molecule has 2 aromatic heterocycles. The average molecular weight is 242 g/mol. The van der Waals surface area contributed by atoms with E-state index in [9.17, 15) is 0 Å². The highest BCUT2D eigenvalue weighted by Gasteiger charge is 2.53. The first-order valence-electron chi connectivity index (χ1n) is 6.81. The van der Waals surface area contributed by atoms with Gasteiger partial charge in [0, 0.05) is 6.54 Å². The van der Waals surface area contributed by atoms with Gasteiger partial charge in [0.05, 0.1) is 0 Å². The quantitative estimate of drug-likeness (QED) is 0.896. The van der Waals surface area contributed by atoms with Crippen LogP contribution in [-0.4, -0.2) is 21.1 Å². The van der Waals surface area contributed by atoms with Crippen molar-refractivity contribution in [2.75, 3.05) is 11.9 Å². The molecule has 0 aliphatic heterocycles. The highest BCUT2D eigenvalue weighted by molar-refractivity contribution is 5.51. The number of aromatic nitrogens is 3. The molecule has 0 aromatic carbocycles. The summed E-state index contributed by atoms with van der Waals surface area (Å²) >= 11 is 0. The van der Waals surface area contributed by atoms with Crippen molar-refractivity contribution in [3.8, 4) is 0 Å². The van der Waals surface area contributed by atoms with E-state index >= 15 is 0 Å². The Morgan fingerprint density at radius 3 is 2.94 bits per heavy atom. The maximum atomic E-state index is 4.28. The van der Waals surface area contributed by atoms with E-state index in [1.165, 1.54) is 31.2 Å². The number of pyridine rings is 1. The molecule has 2 aromatic rings. The van der Waals surface area contributed by atoms with Gasteiger partial charge >= 0.3 is 0 Å². The van der Waals surface area contributed by atoms with Crippen molar-refractivity contribution in [3.05, 3.63) is 24.0 Å². The molecule has 4 heteroatoms. The SMILES string of the molecule is Cc1cc(NCC2(C3CC3)CC2)n2ncnc2c1. The second kappa shape index (κ2) is 3.46. The van der Waals surface area contributed by atoms with Gasteiger partial charge in [0.25, 0.3) is 0 Å². The van der Waals surface area contributed by atoms with Gasteiger partial charge in [-0.3, -0.25) is 0 Å². The van der Waals surface area contributed by atoms with Crippen LogP contribution in [0.15, 0.2) is 18.5 Å². The number of aryl methyl sites for hydroxylation is 1. The number of nitrogens with one attached hydrogen (secondary N) is 1. The van der Waals surface area contributed by atoms with Gasteiger partial charge in [-0.1, -0.05) is 0 Å². The summed E-state index contributed by atoms with van der Waals surface area (Å²) in [7, 11) is 0. The van der Waals surface area contributed by atoms with Crippen LogP contribution in [-0.2, 0) is 0 Å². The largest absolute Gasteiger partial charge is 0.369 e. The fourth-order valence-electron chi connectivity index (χ4n) is 3.03. The van der Waals surface area contributed by atoms with Crippen molar-refractivity contribution in [1.29, 1.82) is 0 Å². The van der Waals surface area contributed by atoms with E-state index in [0.717, 1.165) is 23.9 Å². The van der Waals surface area contributed by atoms with Crippen LogP contribution in [0.2, 0.25) is 0 Å². The monoisotopic (exact) mass is 242 g/mol. The fourth-order valence-corrected chi connectivity index (χ4v) is 3.03. The Bertz CT molecular complexity index is 593. The lowest BCUT2D eigenvalue weighted by atomic mass is 10.0. The molecular formula is C14H18N4. The van der Waals surface area contributed by atoms with E-state index in [-0.39, 0.29) is 0 Å². The molecule has 0 radical (unpaired) electrons. The third kappa shape index (κ3) is 1.59. The summed E-state index contributed by atoms with van der Waals surface area (Å²) in [6.07, 6.45) is 7.30. The molecule has 0 amide bonds. The predicted octanol–water partition coefficient (Wildman–Crippen LogP) is 2.64. The molecule has 0 spiro atoms. The molecule has 2 aliphatic rings. The summed E-state index contributed by atoms with van der Waals surface area (Å²) in [5.74, 6) is 2.07. The minimum atomic E-state index is 0.608. The van der Waals surface area contributed by atoms with E-state index < -0.39 is 0 Å². The van der Waals surface area contributed by atoms with E-state index in [4.69, 9.17) is 0 Å². The van der Waals surface area contributed by atoms with Crippen LogP contribution in [0.5, 0.6) is 0 Å². The maximum absolute atomic E-state index is 4.28. The molecule has 4 rings (SSSR count). The van der Waals surface area contributed by atoms with Crippen LogP contribution >= 0.6 is 0 Å². The molecule has 2 aliphatic carbocycles. The molecular weight excluding hydrogens is 224 g/mol. The molecule has 0 unspecified atom stereocenters. The van der Waals surface area contributed by atoms with Gasteiger partial charge < -0.3 is 5.32 Å². The lowest BCUT2D eigenvalue weighted by molar-refractivity contribution is 0.466. The minimum Gasteiger partial charge on any atom is -0.369 e. The molecule has 2 saturated carbocycles. The van der Waals surface area contributed by atoms with E-state index in [0.29, 0.717) is 5.41 Å². The van der Waals surface area contributed by atoms with Gasteiger partial charge in [-0.05, 0) is 61.6 Å². The van der Waals surface area contributed by atoms with Crippen molar-refractivity contribution >= 4 is 11.5 Å². The Morgan fingerprint density at radius 2 is 2.22 bits per heavy atom. The molecule has 4 nitrogen and oxygen atoms in total. The number of fused-ring (bicyclic) bond motifs is 1. The van der Waals surface area contributed by atoms with Crippen molar-refractivity contribution in [2.45, 2.75) is 32.6 Å². The number of nitrogens with zero attached hydrogens (tertiary/aromatic N) is 3. The van der Waals surface area contributed by atoms with Gasteiger partial charge in [-0.2, -0.15) is 9.61 Å². The zero-order valence-electron chi connectivity index (χ0n) is 10.7. The molecule has 2 fully saturated rings. The zero-order valence-corrected chi connectivity index (χ0v) is 10.7. The van der Waals surface area contributed by atoms with Gasteiger partial charge in [0.1, 0.15) is 12.1 Å². The van der Waals surface area contributed by atoms with Crippen molar-refractivity contribution in [3.63, 3.8) is 0 Å². The van der Waals surface area contributed by atoms with Crippen LogP contribution in [0.4, 0.5) is 5.82 Å². The van der Waals surface area contributed by atoms with E-state index in [1.54, 1.807) is 6.33 Å². The molecule has 1 N–H and O–H groups in total. The summed E-state index contributed by atoms with van der Waals surface area (Å²) in [6, 6.07) is 4.22. The third-order valence-electron chi connectivity index (χ3n) is 4.48. The van der Waals surface area contributed by atoms with Crippen molar-refractivity contribution in [1.82, 2.24) is 14.6 Å². The maximum Gasteiger partial charge on any atom is 0.157 e. The Labute approximate surface area is 106 Å². The Morgan fingerprint density at radius 1 is 1.39 bits per heavy atom. The Hall–Kier alpha value is -1.58. The number of rotatable bonds is 4. The summed E-state index contributed by atoms with van der Waals surface area (Å²) in [6.45, 7) is 3.20. The molecule has 0 bridgehead atoms. The van der Waals surface area contributed by atoms with Crippen molar-refractivity contribution in [2.24, 2.45) is 11.3 Å². The molecule has 0 atom stereocenters. The second-order valence-electron chi connectivity index (χ2n) is 5.94. The fraction of sp³-hybridized carbons (Fsp3) is 0.571. The number of anilines is 1. The number of hydrogen-bond donors (Lipinski definition) is 1. The van der Waals surface area contributed by atoms with Crippen molar-refractivity contribution < 1.29 is 0 Å². The van der Waals surface area contributed by atoms with Gasteiger partial charge in [0.15, 0.2) is 5.65 Å². The average Bonchev–Trinajstić information content (AvgIpc) is 3.23. The Balaban J connectivity index is 1.60. The third-order valence-corrected chi connectivity index (χ3v) is 4.48. The van der Waals surface area contributed by atoms with Crippen LogP contribution in [0, 0.1) is 18.3 Å². The first-order chi connectivity index (χ1) is 8.77. The first-order valence-corrected chi connectivity index (χ1v) is 6.81. The van der Waals surface area contributed by atoms with Gasteiger partial charge in [-0.15, -0.1) is 0 Å². The van der Waals surface area contributed by atoms with Gasteiger partial charge in [0.2, 0.25) is 0 Å². The normalized spacial score (nSPS) is 21.2. The number of hydrogen-bond acceptors (Lipinski definition) is 3. The lowest BCUT2D eigenvalue weighted by Crippen LogP contribution is -2.19. The standard InChI is InChI=1S/C14H18N4/c1-10-6-12(18-13(7-10)16-9-17-18)15-8-14(4-5-14)11-2-3-11/h6-7,9,11,15H,2-5,8H2,1H3. The summed E-state index contributed by atoms with van der Waals surface area (Å²) < 4.78 is 1.90. The molecule has 2 heterocycles. The Kier molecular flexibility index (Phi) is 1.99. The molecule has 0 saturated heterocycles. The molecule has 94 valence electrons. The van der Waals surface area contributed by atoms with E-state index in [1.807, 2.05) is 4.52 Å². The van der Waals surface area contributed by atoms with Crippen LogP contribution in [0.3, 0.4) is 0 Å². The summed E-state index contributed by atoms with van der Waals surface area (Å²) in [5.41, 5.74) is 2.76. The minimum absolute atomic E-state index is 0.608. The highest BCUT2D eigenvalue weighted by Crippen LogP contribution is 2.61. The van der Waals surface area contributed by atoms with Gasteiger partial charge in [-0.25, -0.2) is 4.98 Å². The topological polar surface area (TPSA) is 42.2 Å². The molecule has 18 heavy (non-hydrogen) atoms. The zero-order chi connectivity index (χ0) is 12.2. The van der Waals surface area contributed by atoms with Crippen LogP contribution in [0.25, 0.3) is 5.65 Å². The highest BCUT2D eigenvalue weighted by atomic mass is 15.3. The first kappa shape index (κ1) is 10.4. The predicted molar refractivity (Wildman–Crippen MR) is 70.6 cm³/mol. The van der Waals surface area contributed by atoms with E-state index in [2.05, 4.69) is 34.5 Å². The second-order valence-corrected chi connectivity index (χ2v) is 5.94.